The number of hydrogen-bond donors (Lipinski definition) is 4. The van der Waals surface area contributed by atoms with E-state index in [-0.39, 0.29) is 11.9 Å². The number of aliphatic hydroxyl groups is 3. The standard InChI is InChI=1S/C18H17N7O5/c19-24-23-18(8-26)15(28)13(27)14(30-18)11-6-12-20-9-21-17(25(12)7-11)22-16(29)10-4-2-1-3-5-10/h1-7,9,13-15,26-28H,8H2,(H,20,21,22,29)/t13-,14-,15-,18+/m0/s1. The minimum atomic E-state index is -2.01. The molecule has 0 radical (unpaired) electrons. The number of hydrogen-bond acceptors (Lipinski definition) is 8. The summed E-state index contributed by atoms with van der Waals surface area (Å²) in [4.78, 5) is 23.2. The Morgan fingerprint density at radius 2 is 2.10 bits per heavy atom. The minimum absolute atomic E-state index is 0.177. The predicted octanol–water partition coefficient (Wildman–Crippen LogP) is 0.774. The molecule has 154 valence electrons. The number of benzene rings is 1. The molecule has 1 aromatic carbocycles. The Balaban J connectivity index is 1.67. The van der Waals surface area contributed by atoms with Gasteiger partial charge in [-0.05, 0) is 23.7 Å². The number of fused-ring (bicyclic) bond motifs is 1. The van der Waals surface area contributed by atoms with E-state index in [0.717, 1.165) is 0 Å². The molecule has 3 aromatic rings. The molecule has 1 saturated heterocycles. The fourth-order valence-corrected chi connectivity index (χ4v) is 3.33. The molecule has 1 amide bonds. The number of carbonyl (C=O) groups excluding carboxylic acids is 1. The van der Waals surface area contributed by atoms with Gasteiger partial charge in [-0.1, -0.05) is 23.3 Å². The number of ether oxygens (including phenoxy) is 1. The Kier molecular flexibility index (Phi) is 5.08. The minimum Gasteiger partial charge on any atom is -0.393 e. The van der Waals surface area contributed by atoms with Crippen molar-refractivity contribution in [1.29, 1.82) is 0 Å². The second-order valence-electron chi connectivity index (χ2n) is 6.69. The molecule has 30 heavy (non-hydrogen) atoms. The van der Waals surface area contributed by atoms with Crippen LogP contribution in [0.15, 0.2) is 54.0 Å². The second kappa shape index (κ2) is 7.71. The Morgan fingerprint density at radius 1 is 1.33 bits per heavy atom. The van der Waals surface area contributed by atoms with Gasteiger partial charge in [-0.2, -0.15) is 0 Å². The highest BCUT2D eigenvalue weighted by molar-refractivity contribution is 6.03. The molecule has 12 nitrogen and oxygen atoms in total. The molecule has 1 aliphatic rings. The van der Waals surface area contributed by atoms with Crippen molar-refractivity contribution < 1.29 is 24.9 Å². The average molecular weight is 411 g/mol. The van der Waals surface area contributed by atoms with Gasteiger partial charge in [-0.15, -0.1) is 0 Å². The van der Waals surface area contributed by atoms with Crippen LogP contribution in [0.2, 0.25) is 0 Å². The lowest BCUT2D eigenvalue weighted by Gasteiger charge is -2.23. The van der Waals surface area contributed by atoms with Crippen molar-refractivity contribution in [2.24, 2.45) is 5.11 Å². The number of rotatable bonds is 5. The van der Waals surface area contributed by atoms with Gasteiger partial charge in [0.2, 0.25) is 5.95 Å². The molecule has 0 unspecified atom stereocenters. The fourth-order valence-electron chi connectivity index (χ4n) is 3.33. The SMILES string of the molecule is [N-]=[N+]=N[C@]1(CO)O[C@@H](c2cc3ncnc(NC(=O)c4ccccc4)n3c2)[C@H](O)[C@@H]1O. The lowest BCUT2D eigenvalue weighted by molar-refractivity contribution is -0.107. The summed E-state index contributed by atoms with van der Waals surface area (Å²) in [6, 6.07) is 10.1. The maximum absolute atomic E-state index is 12.5. The molecule has 0 saturated carbocycles. The number of nitrogens with one attached hydrogen (secondary N) is 1. The normalized spacial score (nSPS) is 25.8. The summed E-state index contributed by atoms with van der Waals surface area (Å²) in [5.74, 6) is -0.197. The summed E-state index contributed by atoms with van der Waals surface area (Å²) in [6.45, 7) is -0.822. The van der Waals surface area contributed by atoms with Crippen LogP contribution in [-0.4, -0.2) is 60.1 Å². The van der Waals surface area contributed by atoms with Crippen molar-refractivity contribution >= 4 is 17.5 Å². The van der Waals surface area contributed by atoms with Gasteiger partial charge in [0, 0.05) is 22.2 Å². The van der Waals surface area contributed by atoms with E-state index in [1.54, 1.807) is 36.4 Å². The monoisotopic (exact) mass is 411 g/mol. The predicted molar refractivity (Wildman–Crippen MR) is 102 cm³/mol. The van der Waals surface area contributed by atoms with Crippen molar-refractivity contribution in [3.8, 4) is 0 Å². The largest absolute Gasteiger partial charge is 0.393 e. The van der Waals surface area contributed by atoms with Crippen molar-refractivity contribution in [2.75, 3.05) is 11.9 Å². The van der Waals surface area contributed by atoms with Gasteiger partial charge in [0.15, 0.2) is 5.72 Å². The maximum Gasteiger partial charge on any atom is 0.257 e. The summed E-state index contributed by atoms with van der Waals surface area (Å²) < 4.78 is 7.03. The van der Waals surface area contributed by atoms with Crippen LogP contribution in [0.3, 0.4) is 0 Å². The smallest absolute Gasteiger partial charge is 0.257 e. The number of aromatic nitrogens is 3. The molecule has 0 spiro atoms. The van der Waals surface area contributed by atoms with E-state index < -0.39 is 30.6 Å². The Hall–Kier alpha value is -3.54. The summed E-state index contributed by atoms with van der Waals surface area (Å²) >= 11 is 0. The van der Waals surface area contributed by atoms with E-state index in [2.05, 4.69) is 25.3 Å². The first-order valence-electron chi connectivity index (χ1n) is 8.89. The molecule has 12 heteroatoms. The number of carbonyl (C=O) groups is 1. The molecule has 0 bridgehead atoms. The Labute approximate surface area is 169 Å². The van der Waals surface area contributed by atoms with Crippen LogP contribution in [0.1, 0.15) is 22.0 Å². The number of nitrogens with zero attached hydrogens (tertiary/aromatic N) is 6. The molecule has 2 aromatic heterocycles. The van der Waals surface area contributed by atoms with Gasteiger partial charge in [-0.3, -0.25) is 14.5 Å². The van der Waals surface area contributed by atoms with E-state index in [9.17, 15) is 20.1 Å². The average Bonchev–Trinajstić information content (AvgIpc) is 3.30. The van der Waals surface area contributed by atoms with E-state index >= 15 is 0 Å². The third-order valence-electron chi connectivity index (χ3n) is 4.88. The van der Waals surface area contributed by atoms with Crippen molar-refractivity contribution in [3.05, 3.63) is 70.5 Å². The summed E-state index contributed by atoms with van der Waals surface area (Å²) in [6.07, 6.45) is -1.46. The molecule has 4 N–H and O–H groups in total. The van der Waals surface area contributed by atoms with Gasteiger partial charge in [-0.25, -0.2) is 9.97 Å². The number of amides is 1. The quantitative estimate of drug-likeness (QED) is 0.272. The van der Waals surface area contributed by atoms with Crippen molar-refractivity contribution in [2.45, 2.75) is 24.0 Å². The van der Waals surface area contributed by atoms with Crippen LogP contribution >= 0.6 is 0 Å². The number of azide groups is 1. The number of anilines is 1. The van der Waals surface area contributed by atoms with Crippen molar-refractivity contribution in [1.82, 2.24) is 14.4 Å². The molecule has 1 aliphatic heterocycles. The zero-order valence-corrected chi connectivity index (χ0v) is 15.4. The number of aliphatic hydroxyl groups excluding tert-OH is 3. The van der Waals surface area contributed by atoms with Crippen molar-refractivity contribution in [3.63, 3.8) is 0 Å². The van der Waals surface area contributed by atoms with E-state index in [1.165, 1.54) is 16.9 Å². The molecular formula is C18H17N7O5. The fraction of sp³-hybridized carbons (Fsp3) is 0.278. The van der Waals surface area contributed by atoms with Gasteiger partial charge in [0.25, 0.3) is 5.91 Å². The first-order valence-corrected chi connectivity index (χ1v) is 8.89. The van der Waals surface area contributed by atoms with Crippen LogP contribution in [0.4, 0.5) is 5.95 Å². The molecular weight excluding hydrogens is 394 g/mol. The van der Waals surface area contributed by atoms with Crippen LogP contribution in [0.5, 0.6) is 0 Å². The highest BCUT2D eigenvalue weighted by atomic mass is 16.6. The third-order valence-corrected chi connectivity index (χ3v) is 4.88. The van der Waals surface area contributed by atoms with E-state index in [4.69, 9.17) is 10.3 Å². The highest BCUT2D eigenvalue weighted by Crippen LogP contribution is 2.41. The lowest BCUT2D eigenvalue weighted by Crippen LogP contribution is -2.44. The van der Waals surface area contributed by atoms with E-state index in [1.807, 2.05) is 0 Å². The molecule has 4 atom stereocenters. The van der Waals surface area contributed by atoms with Crippen LogP contribution < -0.4 is 5.32 Å². The van der Waals surface area contributed by atoms with Crippen LogP contribution in [-0.2, 0) is 4.74 Å². The zero-order valence-electron chi connectivity index (χ0n) is 15.4. The first kappa shape index (κ1) is 19.8. The summed E-state index contributed by atoms with van der Waals surface area (Å²) in [7, 11) is 0. The van der Waals surface area contributed by atoms with Gasteiger partial charge >= 0.3 is 0 Å². The van der Waals surface area contributed by atoms with Gasteiger partial charge in [0.05, 0.1) is 6.61 Å². The lowest BCUT2D eigenvalue weighted by atomic mass is 10.0. The topological polar surface area (TPSA) is 178 Å². The zero-order chi connectivity index (χ0) is 21.3. The molecule has 3 heterocycles. The van der Waals surface area contributed by atoms with Crippen LogP contribution in [0.25, 0.3) is 16.1 Å². The Morgan fingerprint density at radius 3 is 2.80 bits per heavy atom. The maximum atomic E-state index is 12.5. The Bertz CT molecular complexity index is 1130. The third kappa shape index (κ3) is 3.24. The second-order valence-corrected chi connectivity index (χ2v) is 6.69. The van der Waals surface area contributed by atoms with Gasteiger partial charge < -0.3 is 20.1 Å². The van der Waals surface area contributed by atoms with Gasteiger partial charge in [0.1, 0.15) is 30.3 Å². The summed E-state index contributed by atoms with van der Waals surface area (Å²) in [5.41, 5.74) is 7.92. The molecule has 1 fully saturated rings. The van der Waals surface area contributed by atoms with Crippen LogP contribution in [0, 0.1) is 0 Å². The summed E-state index contributed by atoms with van der Waals surface area (Å²) in [5, 5.41) is 36.2. The molecule has 0 aliphatic carbocycles. The first-order chi connectivity index (χ1) is 14.5. The van der Waals surface area contributed by atoms with E-state index in [0.29, 0.717) is 16.8 Å². The molecule has 4 rings (SSSR count). The highest BCUT2D eigenvalue weighted by Gasteiger charge is 2.54.